The molecule has 314 valence electrons. The van der Waals surface area contributed by atoms with Gasteiger partial charge in [-0.3, -0.25) is 0 Å². The minimum absolute atomic E-state index is 0.172. The first kappa shape index (κ1) is 45.9. The van der Waals surface area contributed by atoms with Gasteiger partial charge in [-0.05, 0) is 75.0 Å². The van der Waals surface area contributed by atoms with Crippen LogP contribution in [-0.4, -0.2) is 12.6 Å². The Morgan fingerprint density at radius 2 is 0.519 bits per heavy atom. The summed E-state index contributed by atoms with van der Waals surface area (Å²) in [6.07, 6.45) is 60.2. The lowest BCUT2D eigenvalue weighted by Crippen LogP contribution is -2.27. The van der Waals surface area contributed by atoms with Crippen LogP contribution < -0.4 is 0 Å². The molecule has 4 fully saturated rings. The van der Waals surface area contributed by atoms with E-state index >= 15 is 4.79 Å². The fourth-order valence-corrected chi connectivity index (χ4v) is 11.4. The van der Waals surface area contributed by atoms with Gasteiger partial charge in [-0.25, -0.2) is 4.79 Å². The van der Waals surface area contributed by atoms with Crippen LogP contribution >= 0.6 is 0 Å². The number of rotatable bonds is 6. The molecule has 0 unspecified atom stereocenters. The molecule has 4 rings (SSSR count). The smallest absolute Gasteiger partial charge is 0.334 e. The SMILES string of the molecule is O=C(OCC1CCCCCCCCCCC1)C(=C(C1CCCCCCCCCCC1)C1CCCCCCCCCCC1)C1CCCCCCCCCCC1. The second kappa shape index (κ2) is 31.2. The summed E-state index contributed by atoms with van der Waals surface area (Å²) in [5, 5.41) is 0. The topological polar surface area (TPSA) is 26.3 Å². The van der Waals surface area contributed by atoms with E-state index in [4.69, 9.17) is 4.74 Å². The maximum absolute atomic E-state index is 15.3. The molecule has 0 bridgehead atoms. The summed E-state index contributed by atoms with van der Waals surface area (Å²) in [7, 11) is 0. The molecular weight excluding hydrogens is 657 g/mol. The van der Waals surface area contributed by atoms with Crippen LogP contribution in [0.3, 0.4) is 0 Å². The lowest BCUT2D eigenvalue weighted by atomic mass is 9.71. The molecule has 0 aliphatic heterocycles. The van der Waals surface area contributed by atoms with E-state index in [0.29, 0.717) is 30.3 Å². The average Bonchev–Trinajstić information content (AvgIpc) is 3.15. The molecule has 4 aliphatic rings. The van der Waals surface area contributed by atoms with Crippen LogP contribution in [-0.2, 0) is 9.53 Å². The Morgan fingerprint density at radius 1 is 0.296 bits per heavy atom. The Bertz CT molecular complexity index is 855. The van der Waals surface area contributed by atoms with Crippen molar-refractivity contribution in [3.05, 3.63) is 11.1 Å². The Balaban J connectivity index is 1.71. The minimum Gasteiger partial charge on any atom is -0.462 e. The maximum atomic E-state index is 15.3. The van der Waals surface area contributed by atoms with Gasteiger partial charge >= 0.3 is 5.97 Å². The van der Waals surface area contributed by atoms with Crippen molar-refractivity contribution in [2.75, 3.05) is 6.61 Å². The van der Waals surface area contributed by atoms with E-state index in [1.54, 1.807) is 5.57 Å². The van der Waals surface area contributed by atoms with Gasteiger partial charge in [-0.15, -0.1) is 0 Å². The summed E-state index contributed by atoms with van der Waals surface area (Å²) < 4.78 is 6.83. The molecule has 0 saturated heterocycles. The summed E-state index contributed by atoms with van der Waals surface area (Å²) in [4.78, 5) is 15.3. The standard InChI is InChI=1S/C52H94O2/c53-52(54-45-46-37-29-21-13-5-1-6-14-22-30-38-46)51(49-43-35-27-19-11-4-12-20-28-36-44-49)50(47-39-31-23-15-7-2-8-16-24-32-40-47)48-41-33-25-17-9-3-10-18-26-34-42-48/h46-49H,1-45H2. The van der Waals surface area contributed by atoms with Gasteiger partial charge in [0.15, 0.2) is 0 Å². The molecule has 0 radical (unpaired) electrons. The monoisotopic (exact) mass is 751 g/mol. The van der Waals surface area contributed by atoms with Crippen LogP contribution in [0.1, 0.15) is 283 Å². The van der Waals surface area contributed by atoms with Gasteiger partial charge in [-0.1, -0.05) is 237 Å². The highest BCUT2D eigenvalue weighted by Gasteiger charge is 2.34. The fourth-order valence-electron chi connectivity index (χ4n) is 11.4. The maximum Gasteiger partial charge on any atom is 0.334 e. The largest absolute Gasteiger partial charge is 0.462 e. The molecule has 4 aliphatic carbocycles. The highest BCUT2D eigenvalue weighted by atomic mass is 16.5. The third kappa shape index (κ3) is 20.1. The number of allylic oxidation sites excluding steroid dienone is 1. The molecule has 0 aromatic carbocycles. The Morgan fingerprint density at radius 3 is 0.796 bits per heavy atom. The van der Waals surface area contributed by atoms with Gasteiger partial charge in [0.2, 0.25) is 0 Å². The number of carbonyl (C=O) groups is 1. The summed E-state index contributed by atoms with van der Waals surface area (Å²) in [6.45, 7) is 0.678. The zero-order valence-electron chi connectivity index (χ0n) is 36.4. The van der Waals surface area contributed by atoms with Crippen molar-refractivity contribution >= 4 is 5.97 Å². The zero-order valence-corrected chi connectivity index (χ0v) is 36.4. The van der Waals surface area contributed by atoms with Gasteiger partial charge in [0.1, 0.15) is 0 Å². The quantitative estimate of drug-likeness (QED) is 0.200. The van der Waals surface area contributed by atoms with Gasteiger partial charge in [-0.2, -0.15) is 0 Å². The lowest BCUT2D eigenvalue weighted by Gasteiger charge is -2.34. The third-order valence-corrected chi connectivity index (χ3v) is 14.8. The molecule has 0 amide bonds. The van der Waals surface area contributed by atoms with Crippen LogP contribution in [0.2, 0.25) is 0 Å². The molecular formula is C52H94O2. The van der Waals surface area contributed by atoms with Crippen molar-refractivity contribution in [3.8, 4) is 0 Å². The number of carbonyl (C=O) groups excluding carboxylic acids is 1. The van der Waals surface area contributed by atoms with Crippen LogP contribution in [0.5, 0.6) is 0 Å². The normalized spacial score (nSPS) is 25.0. The summed E-state index contributed by atoms with van der Waals surface area (Å²) in [5.74, 6) is 2.31. The highest BCUT2D eigenvalue weighted by Crippen LogP contribution is 2.43. The van der Waals surface area contributed by atoms with Gasteiger partial charge in [0.25, 0.3) is 0 Å². The van der Waals surface area contributed by atoms with Gasteiger partial charge in [0.05, 0.1) is 6.61 Å². The second-order valence-electron chi connectivity index (χ2n) is 19.5. The summed E-state index contributed by atoms with van der Waals surface area (Å²) >= 11 is 0. The highest BCUT2D eigenvalue weighted by molar-refractivity contribution is 5.90. The first-order chi connectivity index (χ1) is 26.8. The van der Waals surface area contributed by atoms with Crippen molar-refractivity contribution in [2.24, 2.45) is 23.7 Å². The van der Waals surface area contributed by atoms with Crippen LogP contribution in [0, 0.1) is 23.7 Å². The number of hydrogen-bond acceptors (Lipinski definition) is 2. The van der Waals surface area contributed by atoms with E-state index in [0.717, 1.165) is 0 Å². The zero-order chi connectivity index (χ0) is 37.6. The van der Waals surface area contributed by atoms with Crippen molar-refractivity contribution in [1.29, 1.82) is 0 Å². The van der Waals surface area contributed by atoms with E-state index in [1.165, 1.54) is 288 Å². The molecule has 0 heterocycles. The molecule has 2 nitrogen and oxygen atoms in total. The second-order valence-corrected chi connectivity index (χ2v) is 19.5. The number of hydrogen-bond donors (Lipinski definition) is 0. The van der Waals surface area contributed by atoms with Crippen LogP contribution in [0.25, 0.3) is 0 Å². The van der Waals surface area contributed by atoms with E-state index in [9.17, 15) is 0 Å². The number of ether oxygens (including phenoxy) is 1. The predicted octanol–water partition coefficient (Wildman–Crippen LogP) is 17.5. The average molecular weight is 751 g/mol. The first-order valence-electron chi connectivity index (χ1n) is 25.7. The molecule has 0 aromatic heterocycles. The van der Waals surface area contributed by atoms with Gasteiger partial charge < -0.3 is 4.74 Å². The minimum atomic E-state index is 0.172. The Hall–Kier alpha value is -0.790. The van der Waals surface area contributed by atoms with Crippen molar-refractivity contribution in [3.63, 3.8) is 0 Å². The van der Waals surface area contributed by atoms with E-state index in [-0.39, 0.29) is 5.97 Å². The molecule has 54 heavy (non-hydrogen) atoms. The summed E-state index contributed by atoms with van der Waals surface area (Å²) in [6, 6.07) is 0. The van der Waals surface area contributed by atoms with E-state index in [2.05, 4.69) is 0 Å². The molecule has 0 atom stereocenters. The van der Waals surface area contributed by atoms with Crippen LogP contribution in [0.15, 0.2) is 11.1 Å². The van der Waals surface area contributed by atoms with E-state index < -0.39 is 0 Å². The molecule has 0 spiro atoms. The number of esters is 1. The van der Waals surface area contributed by atoms with Crippen molar-refractivity contribution < 1.29 is 9.53 Å². The van der Waals surface area contributed by atoms with Crippen LogP contribution in [0.4, 0.5) is 0 Å². The molecule has 2 heteroatoms. The Kier molecular flexibility index (Phi) is 26.6. The van der Waals surface area contributed by atoms with Crippen molar-refractivity contribution in [2.45, 2.75) is 283 Å². The molecule has 0 aromatic rings. The predicted molar refractivity (Wildman–Crippen MR) is 235 cm³/mol. The Labute approximate surface area is 338 Å². The first-order valence-corrected chi connectivity index (χ1v) is 25.7. The lowest BCUT2D eigenvalue weighted by molar-refractivity contribution is -0.141. The third-order valence-electron chi connectivity index (χ3n) is 14.8. The molecule has 0 N–H and O–H groups in total. The summed E-state index contributed by atoms with van der Waals surface area (Å²) in [5.41, 5.74) is 2.99. The fraction of sp³-hybridized carbons (Fsp3) is 0.942. The van der Waals surface area contributed by atoms with Gasteiger partial charge in [0, 0.05) is 5.57 Å². The molecule has 4 saturated carbocycles. The van der Waals surface area contributed by atoms with E-state index in [1.807, 2.05) is 0 Å². The van der Waals surface area contributed by atoms with Crippen molar-refractivity contribution in [1.82, 2.24) is 0 Å².